The fourth-order valence-electron chi connectivity index (χ4n) is 4.27. The molecule has 0 saturated carbocycles. The quantitative estimate of drug-likeness (QED) is 0.389. The molecule has 2 atom stereocenters. The van der Waals surface area contributed by atoms with Crippen molar-refractivity contribution in [3.8, 4) is 0 Å². The van der Waals surface area contributed by atoms with Gasteiger partial charge in [-0.05, 0) is 38.3 Å². The van der Waals surface area contributed by atoms with Gasteiger partial charge < -0.3 is 19.1 Å². The minimum Gasteiger partial charge on any atom is -0.459 e. The number of carbonyl (C=O) groups is 3. The van der Waals surface area contributed by atoms with Crippen LogP contribution in [0.15, 0.2) is 60.7 Å². The van der Waals surface area contributed by atoms with E-state index in [1.54, 1.807) is 27.8 Å². The van der Waals surface area contributed by atoms with Crippen molar-refractivity contribution in [3.05, 3.63) is 71.8 Å². The maximum Gasteiger partial charge on any atom is 0.411 e. The number of hydrogen-bond donors (Lipinski definition) is 0. The number of esters is 1. The summed E-state index contributed by atoms with van der Waals surface area (Å²) in [5.41, 5.74) is -0.269. The van der Waals surface area contributed by atoms with Crippen LogP contribution >= 0.6 is 0 Å². The van der Waals surface area contributed by atoms with E-state index in [1.165, 1.54) is 9.80 Å². The Hall–Kier alpha value is -3.55. The molecule has 2 amide bonds. The van der Waals surface area contributed by atoms with Crippen LogP contribution in [0, 0.1) is 0 Å². The largest absolute Gasteiger partial charge is 0.459 e. The number of hydrogen-bond acceptors (Lipinski definition) is 6. The molecule has 2 aromatic rings. The molecule has 1 aliphatic rings. The fourth-order valence-corrected chi connectivity index (χ4v) is 4.27. The summed E-state index contributed by atoms with van der Waals surface area (Å²) in [6.07, 6.45) is -0.625. The van der Waals surface area contributed by atoms with Gasteiger partial charge in [-0.3, -0.25) is 4.90 Å². The van der Waals surface area contributed by atoms with Crippen LogP contribution in [0.5, 0.6) is 0 Å². The molecule has 2 aromatic carbocycles. The van der Waals surface area contributed by atoms with Crippen molar-refractivity contribution in [2.75, 3.05) is 13.6 Å². The number of likely N-dealkylation sites (N-methyl/N-ethyl adjacent to an activating group) is 1. The zero-order valence-electron chi connectivity index (χ0n) is 21.7. The first kappa shape index (κ1) is 27.0. The van der Waals surface area contributed by atoms with Crippen molar-refractivity contribution >= 4 is 18.2 Å². The lowest BCUT2D eigenvalue weighted by atomic mass is 9.91. The summed E-state index contributed by atoms with van der Waals surface area (Å²) in [7, 11) is 1.62. The van der Waals surface area contributed by atoms with Crippen LogP contribution in [0.2, 0.25) is 0 Å². The highest BCUT2D eigenvalue weighted by Gasteiger charge is 2.55. The molecule has 8 heteroatoms. The van der Waals surface area contributed by atoms with Crippen LogP contribution in [-0.4, -0.2) is 58.7 Å². The van der Waals surface area contributed by atoms with Crippen molar-refractivity contribution in [2.24, 2.45) is 0 Å². The van der Waals surface area contributed by atoms with E-state index < -0.39 is 35.3 Å². The summed E-state index contributed by atoms with van der Waals surface area (Å²) in [6, 6.07) is 18.2. The van der Waals surface area contributed by atoms with Gasteiger partial charge >= 0.3 is 18.2 Å². The zero-order valence-corrected chi connectivity index (χ0v) is 21.7. The van der Waals surface area contributed by atoms with Crippen LogP contribution in [0.1, 0.15) is 51.7 Å². The Morgan fingerprint density at radius 2 is 1.47 bits per heavy atom. The van der Waals surface area contributed by atoms with Gasteiger partial charge in [0.05, 0.1) is 6.04 Å². The number of carbonyl (C=O) groups excluding carboxylic acids is 3. The van der Waals surface area contributed by atoms with Gasteiger partial charge in [0, 0.05) is 20.0 Å². The number of amides is 2. The third-order valence-corrected chi connectivity index (χ3v) is 6.32. The van der Waals surface area contributed by atoms with Crippen molar-refractivity contribution in [3.63, 3.8) is 0 Å². The molecular weight excluding hydrogens is 460 g/mol. The zero-order chi connectivity index (χ0) is 26.3. The van der Waals surface area contributed by atoms with Gasteiger partial charge in [-0.2, -0.15) is 0 Å². The number of benzene rings is 2. The molecule has 3 rings (SSSR count). The molecule has 8 nitrogen and oxygen atoms in total. The second-order valence-electron chi connectivity index (χ2n) is 10.0. The Labute approximate surface area is 213 Å². The van der Waals surface area contributed by atoms with Crippen LogP contribution in [0.4, 0.5) is 9.59 Å². The number of ether oxygens (including phenoxy) is 3. The van der Waals surface area contributed by atoms with Crippen LogP contribution in [-0.2, 0) is 32.2 Å². The van der Waals surface area contributed by atoms with Gasteiger partial charge in [0.2, 0.25) is 0 Å². The van der Waals surface area contributed by atoms with E-state index in [0.717, 1.165) is 11.1 Å². The Balaban J connectivity index is 1.82. The Bertz CT molecular complexity index is 1040. The molecule has 36 heavy (non-hydrogen) atoms. The predicted octanol–water partition coefficient (Wildman–Crippen LogP) is 5.16. The summed E-state index contributed by atoms with van der Waals surface area (Å²) in [5, 5.41) is 0. The highest BCUT2D eigenvalue weighted by molar-refractivity contribution is 5.87. The molecule has 194 valence electrons. The van der Waals surface area contributed by atoms with Gasteiger partial charge in [-0.1, -0.05) is 67.6 Å². The number of nitrogens with zero attached hydrogens (tertiary/aromatic N) is 2. The average molecular weight is 497 g/mol. The van der Waals surface area contributed by atoms with Crippen LogP contribution in [0.25, 0.3) is 0 Å². The third-order valence-electron chi connectivity index (χ3n) is 6.32. The molecule has 1 fully saturated rings. The molecule has 1 aliphatic heterocycles. The fraction of sp³-hybridized carbons (Fsp3) is 0.464. The first-order valence-corrected chi connectivity index (χ1v) is 12.2. The molecule has 1 saturated heterocycles. The van der Waals surface area contributed by atoms with E-state index >= 15 is 0 Å². The second-order valence-corrected chi connectivity index (χ2v) is 10.0. The Kier molecular flexibility index (Phi) is 8.61. The highest BCUT2D eigenvalue weighted by atomic mass is 16.6. The lowest BCUT2D eigenvalue weighted by Crippen LogP contribution is -2.53. The number of rotatable bonds is 7. The molecule has 0 radical (unpaired) electrons. The van der Waals surface area contributed by atoms with Gasteiger partial charge in [-0.25, -0.2) is 14.4 Å². The first-order chi connectivity index (χ1) is 17.1. The van der Waals surface area contributed by atoms with E-state index in [0.29, 0.717) is 6.42 Å². The van der Waals surface area contributed by atoms with E-state index in [-0.39, 0.29) is 26.2 Å². The van der Waals surface area contributed by atoms with E-state index in [1.807, 2.05) is 67.6 Å². The SMILES string of the molecule is CCC1(C(=O)OCc2ccccc2)C[C@@H](N(C)C(=O)OC(C)(C)C)CN1C(=O)OCc1ccccc1. The molecule has 0 aromatic heterocycles. The summed E-state index contributed by atoms with van der Waals surface area (Å²) in [5.74, 6) is -0.523. The van der Waals surface area contributed by atoms with Gasteiger partial charge in [0.15, 0.2) is 0 Å². The lowest BCUT2D eigenvalue weighted by molar-refractivity contribution is -0.157. The molecule has 0 N–H and O–H groups in total. The summed E-state index contributed by atoms with van der Waals surface area (Å²) in [4.78, 5) is 42.4. The maximum atomic E-state index is 13.5. The standard InChI is InChI=1S/C28H36N2O6/c1-6-28(24(31)34-19-21-13-9-7-10-14-21)17-23(29(5)25(32)36-27(2,3)4)18-30(28)26(33)35-20-22-15-11-8-12-16-22/h7-16,23H,6,17-20H2,1-5H3/t23-,28?/m1/s1. The van der Waals surface area contributed by atoms with E-state index in [9.17, 15) is 14.4 Å². The Morgan fingerprint density at radius 3 is 1.97 bits per heavy atom. The van der Waals surface area contributed by atoms with Crippen molar-refractivity contribution in [1.82, 2.24) is 9.80 Å². The lowest BCUT2D eigenvalue weighted by Gasteiger charge is -2.34. The average Bonchev–Trinajstić information content (AvgIpc) is 3.27. The van der Waals surface area contributed by atoms with E-state index in [2.05, 4.69) is 0 Å². The maximum absolute atomic E-state index is 13.5. The highest BCUT2D eigenvalue weighted by Crippen LogP contribution is 2.37. The topological polar surface area (TPSA) is 85.4 Å². The predicted molar refractivity (Wildman–Crippen MR) is 135 cm³/mol. The van der Waals surface area contributed by atoms with E-state index in [4.69, 9.17) is 14.2 Å². The minimum atomic E-state index is -1.27. The van der Waals surface area contributed by atoms with Crippen molar-refractivity contribution in [2.45, 2.75) is 70.9 Å². The van der Waals surface area contributed by atoms with Gasteiger partial charge in [0.25, 0.3) is 0 Å². The molecule has 0 bridgehead atoms. The molecular formula is C28H36N2O6. The molecule has 0 spiro atoms. The monoisotopic (exact) mass is 496 g/mol. The smallest absolute Gasteiger partial charge is 0.411 e. The molecule has 0 aliphatic carbocycles. The summed E-state index contributed by atoms with van der Waals surface area (Å²) in [6.45, 7) is 7.48. The van der Waals surface area contributed by atoms with Crippen molar-refractivity contribution in [1.29, 1.82) is 0 Å². The van der Waals surface area contributed by atoms with Crippen molar-refractivity contribution < 1.29 is 28.6 Å². The van der Waals surface area contributed by atoms with Crippen LogP contribution in [0.3, 0.4) is 0 Å². The van der Waals surface area contributed by atoms with Gasteiger partial charge in [0.1, 0.15) is 24.4 Å². The second kappa shape index (κ2) is 11.5. The summed E-state index contributed by atoms with van der Waals surface area (Å²) >= 11 is 0. The third kappa shape index (κ3) is 6.56. The first-order valence-electron chi connectivity index (χ1n) is 12.2. The van der Waals surface area contributed by atoms with Crippen LogP contribution < -0.4 is 0 Å². The summed E-state index contributed by atoms with van der Waals surface area (Å²) < 4.78 is 16.8. The number of likely N-dealkylation sites (tertiary alicyclic amines) is 1. The Morgan fingerprint density at radius 1 is 0.944 bits per heavy atom. The molecule has 1 heterocycles. The minimum absolute atomic E-state index is 0.0710. The van der Waals surface area contributed by atoms with Gasteiger partial charge in [-0.15, -0.1) is 0 Å². The normalized spacial score (nSPS) is 19.5. The molecule has 1 unspecified atom stereocenters.